The molecule has 0 aliphatic carbocycles. The minimum atomic E-state index is -2.05. The molecule has 0 fully saturated rings. The van der Waals surface area contributed by atoms with Gasteiger partial charge in [-0.15, -0.1) is 0 Å². The van der Waals surface area contributed by atoms with Crippen molar-refractivity contribution in [3.63, 3.8) is 0 Å². The molecule has 3 N–H and O–H groups in total. The molecule has 0 radical (unpaired) electrons. The van der Waals surface area contributed by atoms with Crippen LogP contribution in [0.15, 0.2) is 60.7 Å². The number of methoxy groups -OCH3 is 2. The first-order valence-electron chi connectivity index (χ1n) is 9.41. The van der Waals surface area contributed by atoms with Crippen LogP contribution in [0.25, 0.3) is 10.8 Å². The fraction of sp³-hybridized carbons (Fsp3) is 0.217. The molecule has 2 unspecified atom stereocenters. The van der Waals surface area contributed by atoms with Gasteiger partial charge in [0.2, 0.25) is 11.4 Å². The Labute approximate surface area is 172 Å². The normalized spacial score (nSPS) is 25.9. The number of fused-ring (bicyclic) bond motifs is 6. The van der Waals surface area contributed by atoms with Gasteiger partial charge < -0.3 is 25.3 Å². The summed E-state index contributed by atoms with van der Waals surface area (Å²) >= 11 is 0. The average molecular weight is 401 g/mol. The minimum Gasteiger partial charge on any atom is -0.436 e. The second-order valence-corrected chi connectivity index (χ2v) is 7.40. The van der Waals surface area contributed by atoms with E-state index in [9.17, 15) is 10.1 Å². The first kappa shape index (κ1) is 18.6. The van der Waals surface area contributed by atoms with E-state index < -0.39 is 22.8 Å². The van der Waals surface area contributed by atoms with Crippen LogP contribution in [-0.4, -0.2) is 31.6 Å². The van der Waals surface area contributed by atoms with Crippen LogP contribution in [0.2, 0.25) is 0 Å². The highest BCUT2D eigenvalue weighted by atomic mass is 16.9. The fourth-order valence-corrected chi connectivity index (χ4v) is 4.86. The molecule has 1 amide bonds. The largest absolute Gasteiger partial charge is 0.436 e. The maximum atomic E-state index is 13.7. The molecule has 0 saturated carbocycles. The standard InChI is InChI=1S/C23H19N3O4/c1-28-23(29-2)21(25,13-24)22(16-9-5-6-10-18(16)26-20(22)27)17-12-11-14-7-3-4-8-15(14)19(17)30-23/h3-12H,25H2,1-2H3,(H,26,27). The van der Waals surface area contributed by atoms with E-state index >= 15 is 0 Å². The molecular weight excluding hydrogens is 382 g/mol. The molecule has 0 aromatic heterocycles. The van der Waals surface area contributed by atoms with Gasteiger partial charge in [0.25, 0.3) is 0 Å². The molecular formula is C23H19N3O4. The number of carbonyl (C=O) groups excluding carboxylic acids is 1. The highest BCUT2D eigenvalue weighted by Gasteiger charge is 2.76. The van der Waals surface area contributed by atoms with Gasteiger partial charge in [-0.3, -0.25) is 4.79 Å². The van der Waals surface area contributed by atoms with Gasteiger partial charge in [0, 0.05) is 30.9 Å². The number of anilines is 1. The number of hydrogen-bond donors (Lipinski definition) is 2. The van der Waals surface area contributed by atoms with Crippen molar-refractivity contribution < 1.29 is 19.0 Å². The average Bonchev–Trinajstić information content (AvgIpc) is 3.09. The smallest absolute Gasteiger partial charge is 0.361 e. The Morgan fingerprint density at radius 1 is 1.00 bits per heavy atom. The third-order valence-electron chi connectivity index (χ3n) is 6.23. The van der Waals surface area contributed by atoms with E-state index in [1.165, 1.54) is 14.2 Å². The number of rotatable bonds is 2. The van der Waals surface area contributed by atoms with Gasteiger partial charge in [-0.25, -0.2) is 0 Å². The molecule has 7 heteroatoms. The minimum absolute atomic E-state index is 0.389. The first-order valence-corrected chi connectivity index (χ1v) is 9.41. The predicted octanol–water partition coefficient (Wildman–Crippen LogP) is 2.64. The maximum absolute atomic E-state index is 13.7. The van der Waals surface area contributed by atoms with Gasteiger partial charge in [0.15, 0.2) is 0 Å². The number of nitrogens with one attached hydrogen (secondary N) is 1. The van der Waals surface area contributed by atoms with Crippen molar-refractivity contribution in [3.8, 4) is 11.8 Å². The van der Waals surface area contributed by atoms with Gasteiger partial charge in [-0.2, -0.15) is 5.26 Å². The lowest BCUT2D eigenvalue weighted by Gasteiger charge is -2.52. The van der Waals surface area contributed by atoms with Crippen LogP contribution in [0.5, 0.6) is 5.75 Å². The summed E-state index contributed by atoms with van der Waals surface area (Å²) in [4.78, 5) is 13.7. The maximum Gasteiger partial charge on any atom is 0.361 e. The Balaban J connectivity index is 2.01. The molecule has 5 rings (SSSR count). The lowest BCUT2D eigenvalue weighted by atomic mass is 9.59. The lowest BCUT2D eigenvalue weighted by molar-refractivity contribution is -0.357. The first-order chi connectivity index (χ1) is 14.5. The van der Waals surface area contributed by atoms with E-state index in [0.29, 0.717) is 22.6 Å². The Morgan fingerprint density at radius 3 is 2.43 bits per heavy atom. The number of ether oxygens (including phenoxy) is 3. The van der Waals surface area contributed by atoms with E-state index in [0.717, 1.165) is 10.8 Å². The van der Waals surface area contributed by atoms with E-state index in [4.69, 9.17) is 19.9 Å². The van der Waals surface area contributed by atoms with E-state index in [1.54, 1.807) is 24.3 Å². The topological polar surface area (TPSA) is 107 Å². The molecule has 150 valence electrons. The molecule has 2 aliphatic heterocycles. The molecule has 2 atom stereocenters. The zero-order valence-corrected chi connectivity index (χ0v) is 16.4. The summed E-state index contributed by atoms with van der Waals surface area (Å²) in [6.07, 6.45) is 0. The number of amides is 1. The van der Waals surface area contributed by atoms with Crippen molar-refractivity contribution in [2.24, 2.45) is 5.73 Å². The molecule has 7 nitrogen and oxygen atoms in total. The predicted molar refractivity (Wildman–Crippen MR) is 110 cm³/mol. The summed E-state index contributed by atoms with van der Waals surface area (Å²) in [5.74, 6) is -2.08. The zero-order chi connectivity index (χ0) is 21.1. The van der Waals surface area contributed by atoms with Crippen LogP contribution in [0.4, 0.5) is 5.69 Å². The Kier molecular flexibility index (Phi) is 3.74. The summed E-state index contributed by atoms with van der Waals surface area (Å²) in [7, 11) is 2.68. The highest BCUT2D eigenvalue weighted by molar-refractivity contribution is 6.12. The number of nitrogens with two attached hydrogens (primary N) is 1. The van der Waals surface area contributed by atoms with Crippen molar-refractivity contribution >= 4 is 22.4 Å². The van der Waals surface area contributed by atoms with Crippen molar-refractivity contribution in [2.45, 2.75) is 16.9 Å². The lowest BCUT2D eigenvalue weighted by Crippen LogP contribution is -2.78. The van der Waals surface area contributed by atoms with Crippen LogP contribution >= 0.6 is 0 Å². The van der Waals surface area contributed by atoms with Crippen LogP contribution in [0.1, 0.15) is 11.1 Å². The Bertz CT molecular complexity index is 1250. The highest BCUT2D eigenvalue weighted by Crippen LogP contribution is 2.59. The molecule has 0 bridgehead atoms. The molecule has 3 aromatic rings. The Morgan fingerprint density at radius 2 is 1.70 bits per heavy atom. The fourth-order valence-electron chi connectivity index (χ4n) is 4.86. The molecule has 1 spiro atoms. The summed E-state index contributed by atoms with van der Waals surface area (Å²) in [5, 5.41) is 14.9. The van der Waals surface area contributed by atoms with Gasteiger partial charge in [0.05, 0.1) is 6.07 Å². The third kappa shape index (κ3) is 1.86. The summed E-state index contributed by atoms with van der Waals surface area (Å²) in [5.41, 5.74) is 4.73. The summed E-state index contributed by atoms with van der Waals surface area (Å²) < 4.78 is 17.5. The van der Waals surface area contributed by atoms with Crippen LogP contribution in [0.3, 0.4) is 0 Å². The van der Waals surface area contributed by atoms with Gasteiger partial charge in [-0.1, -0.05) is 54.6 Å². The third-order valence-corrected chi connectivity index (χ3v) is 6.23. The van der Waals surface area contributed by atoms with Crippen molar-refractivity contribution in [1.29, 1.82) is 5.26 Å². The molecule has 2 aliphatic rings. The number of nitrogens with zero attached hydrogens (tertiary/aromatic N) is 1. The van der Waals surface area contributed by atoms with Crippen molar-refractivity contribution in [1.82, 2.24) is 0 Å². The monoisotopic (exact) mass is 401 g/mol. The summed E-state index contributed by atoms with van der Waals surface area (Å²) in [6.45, 7) is 0. The number of para-hydroxylation sites is 1. The second kappa shape index (κ2) is 6.03. The Hall–Kier alpha value is -3.44. The van der Waals surface area contributed by atoms with Crippen molar-refractivity contribution in [3.05, 3.63) is 71.8 Å². The van der Waals surface area contributed by atoms with Gasteiger partial charge >= 0.3 is 5.97 Å². The summed E-state index contributed by atoms with van der Waals surface area (Å²) in [6, 6.07) is 20.5. The quantitative estimate of drug-likeness (QED) is 0.640. The number of carbonyl (C=O) groups is 1. The van der Waals surface area contributed by atoms with Gasteiger partial charge in [0.1, 0.15) is 11.2 Å². The van der Waals surface area contributed by atoms with Crippen LogP contribution < -0.4 is 15.8 Å². The second-order valence-electron chi connectivity index (χ2n) is 7.40. The molecule has 0 saturated heterocycles. The van der Waals surface area contributed by atoms with Crippen LogP contribution in [0, 0.1) is 11.3 Å². The van der Waals surface area contributed by atoms with Gasteiger partial charge in [-0.05, 0) is 17.0 Å². The number of benzene rings is 3. The van der Waals surface area contributed by atoms with E-state index in [2.05, 4.69) is 11.4 Å². The molecule has 2 heterocycles. The molecule has 30 heavy (non-hydrogen) atoms. The van der Waals surface area contributed by atoms with E-state index in [-0.39, 0.29) is 0 Å². The number of hydrogen-bond acceptors (Lipinski definition) is 6. The number of nitriles is 1. The SMILES string of the molecule is COC1(OC)Oc2c(ccc3ccccc23)C2(C(=O)Nc3ccccc32)C1(N)C#N. The zero-order valence-electron chi connectivity index (χ0n) is 16.4. The molecule has 3 aromatic carbocycles. The van der Waals surface area contributed by atoms with Crippen LogP contribution in [-0.2, 0) is 19.7 Å². The van der Waals surface area contributed by atoms with Crippen molar-refractivity contribution in [2.75, 3.05) is 19.5 Å². The van der Waals surface area contributed by atoms with E-state index in [1.807, 2.05) is 36.4 Å².